The normalized spacial score (nSPS) is 19.1. The molecule has 7 nitrogen and oxygen atoms in total. The van der Waals surface area contributed by atoms with Crippen molar-refractivity contribution in [2.45, 2.75) is 31.5 Å². The molecule has 0 saturated carbocycles. The molecule has 7 heteroatoms. The smallest absolute Gasteiger partial charge is 0.252 e. The Morgan fingerprint density at radius 2 is 2.00 bits per heavy atom. The Morgan fingerprint density at radius 1 is 1.21 bits per heavy atom. The SMILES string of the molecule is COC1CCN(c2ccc(C(=O)NCC[C@H]3COc4ccccc4O3)cn2)CC1. The number of nitrogens with zero attached hydrogens (tertiary/aromatic N) is 2. The number of hydrogen-bond acceptors (Lipinski definition) is 6. The van der Waals surface area contributed by atoms with Gasteiger partial charge in [-0.05, 0) is 37.1 Å². The fourth-order valence-corrected chi connectivity index (χ4v) is 3.68. The molecule has 29 heavy (non-hydrogen) atoms. The Balaban J connectivity index is 1.23. The van der Waals surface area contributed by atoms with Crippen molar-refractivity contribution in [3.05, 3.63) is 48.2 Å². The van der Waals surface area contributed by atoms with Crippen molar-refractivity contribution >= 4 is 11.7 Å². The average Bonchev–Trinajstić information content (AvgIpc) is 2.79. The summed E-state index contributed by atoms with van der Waals surface area (Å²) in [6.07, 6.45) is 4.59. The van der Waals surface area contributed by atoms with Crippen LogP contribution in [0.2, 0.25) is 0 Å². The van der Waals surface area contributed by atoms with E-state index in [2.05, 4.69) is 15.2 Å². The highest BCUT2D eigenvalue weighted by atomic mass is 16.6. The van der Waals surface area contributed by atoms with E-state index >= 15 is 0 Å². The van der Waals surface area contributed by atoms with Crippen LogP contribution in [0, 0.1) is 0 Å². The summed E-state index contributed by atoms with van der Waals surface area (Å²) in [5.74, 6) is 2.30. The van der Waals surface area contributed by atoms with Gasteiger partial charge in [0.2, 0.25) is 0 Å². The minimum absolute atomic E-state index is 0.0688. The molecule has 2 aliphatic rings. The van der Waals surface area contributed by atoms with Gasteiger partial charge in [-0.1, -0.05) is 12.1 Å². The van der Waals surface area contributed by atoms with Crippen molar-refractivity contribution in [1.29, 1.82) is 0 Å². The number of aromatic nitrogens is 1. The van der Waals surface area contributed by atoms with Crippen LogP contribution < -0.4 is 19.7 Å². The molecule has 0 bridgehead atoms. The van der Waals surface area contributed by atoms with Crippen LogP contribution in [0.15, 0.2) is 42.6 Å². The number of anilines is 1. The van der Waals surface area contributed by atoms with Gasteiger partial charge in [-0.3, -0.25) is 4.79 Å². The van der Waals surface area contributed by atoms with Crippen molar-refractivity contribution in [2.24, 2.45) is 0 Å². The van der Waals surface area contributed by atoms with Gasteiger partial charge >= 0.3 is 0 Å². The third kappa shape index (κ3) is 4.79. The number of methoxy groups -OCH3 is 1. The van der Waals surface area contributed by atoms with E-state index in [1.54, 1.807) is 13.3 Å². The number of ether oxygens (including phenoxy) is 3. The zero-order chi connectivity index (χ0) is 20.1. The molecule has 4 rings (SSSR count). The van der Waals surface area contributed by atoms with Gasteiger partial charge in [-0.15, -0.1) is 0 Å². The minimum Gasteiger partial charge on any atom is -0.486 e. The van der Waals surface area contributed by atoms with Gasteiger partial charge in [0, 0.05) is 39.4 Å². The molecular weight excluding hydrogens is 370 g/mol. The Bertz CT molecular complexity index is 819. The maximum Gasteiger partial charge on any atom is 0.252 e. The third-order valence-corrected chi connectivity index (χ3v) is 5.43. The van der Waals surface area contributed by atoms with Gasteiger partial charge in [0.1, 0.15) is 18.5 Å². The fraction of sp³-hybridized carbons (Fsp3) is 0.455. The number of para-hydroxylation sites is 2. The first-order valence-electron chi connectivity index (χ1n) is 10.1. The van der Waals surface area contributed by atoms with Crippen molar-refractivity contribution < 1.29 is 19.0 Å². The summed E-state index contributed by atoms with van der Waals surface area (Å²) in [6, 6.07) is 11.4. The lowest BCUT2D eigenvalue weighted by Crippen LogP contribution is -2.37. The van der Waals surface area contributed by atoms with E-state index in [1.807, 2.05) is 36.4 Å². The molecule has 2 aliphatic heterocycles. The number of amides is 1. The van der Waals surface area contributed by atoms with E-state index in [0.29, 0.717) is 31.2 Å². The third-order valence-electron chi connectivity index (χ3n) is 5.43. The molecule has 1 amide bonds. The molecule has 154 valence electrons. The van der Waals surface area contributed by atoms with Crippen LogP contribution >= 0.6 is 0 Å². The summed E-state index contributed by atoms with van der Waals surface area (Å²) >= 11 is 0. The van der Waals surface area contributed by atoms with Crippen LogP contribution in [0.4, 0.5) is 5.82 Å². The van der Waals surface area contributed by atoms with Gasteiger partial charge < -0.3 is 24.4 Å². The Labute approximate surface area is 171 Å². The minimum atomic E-state index is -0.126. The lowest BCUT2D eigenvalue weighted by Gasteiger charge is -2.32. The summed E-state index contributed by atoms with van der Waals surface area (Å²) < 4.78 is 17.0. The second kappa shape index (κ2) is 9.13. The van der Waals surface area contributed by atoms with Gasteiger partial charge in [-0.25, -0.2) is 4.98 Å². The van der Waals surface area contributed by atoms with Crippen molar-refractivity contribution in [1.82, 2.24) is 10.3 Å². The van der Waals surface area contributed by atoms with Crippen LogP contribution in [-0.2, 0) is 4.74 Å². The molecule has 1 saturated heterocycles. The maximum absolute atomic E-state index is 12.4. The van der Waals surface area contributed by atoms with Gasteiger partial charge in [0.15, 0.2) is 11.5 Å². The summed E-state index contributed by atoms with van der Waals surface area (Å²) in [7, 11) is 1.76. The number of rotatable bonds is 6. The molecule has 1 N–H and O–H groups in total. The van der Waals surface area contributed by atoms with E-state index in [4.69, 9.17) is 14.2 Å². The maximum atomic E-state index is 12.4. The van der Waals surface area contributed by atoms with E-state index < -0.39 is 0 Å². The standard InChI is InChI=1S/C22H27N3O4/c1-27-17-9-12-25(13-10-17)21-7-6-16(14-24-21)22(26)23-11-8-18-15-28-19-4-2-3-5-20(19)29-18/h2-7,14,17-18H,8-13,15H2,1H3,(H,23,26)/t18-/m0/s1. The summed E-state index contributed by atoms with van der Waals surface area (Å²) in [5.41, 5.74) is 0.562. The number of fused-ring (bicyclic) bond motifs is 1. The summed E-state index contributed by atoms with van der Waals surface area (Å²) in [4.78, 5) is 19.1. The Kier molecular flexibility index (Phi) is 6.14. The fourth-order valence-electron chi connectivity index (χ4n) is 3.68. The average molecular weight is 397 g/mol. The van der Waals surface area contributed by atoms with E-state index in [1.165, 1.54) is 0 Å². The zero-order valence-electron chi connectivity index (χ0n) is 16.7. The predicted molar refractivity (Wildman–Crippen MR) is 110 cm³/mol. The van der Waals surface area contributed by atoms with Crippen LogP contribution in [0.25, 0.3) is 0 Å². The first-order chi connectivity index (χ1) is 14.2. The number of pyridine rings is 1. The van der Waals surface area contributed by atoms with Crippen LogP contribution in [0.1, 0.15) is 29.6 Å². The second-order valence-corrected chi connectivity index (χ2v) is 7.37. The highest BCUT2D eigenvalue weighted by Gasteiger charge is 2.21. The zero-order valence-corrected chi connectivity index (χ0v) is 16.7. The Hall–Kier alpha value is -2.80. The van der Waals surface area contributed by atoms with E-state index in [-0.39, 0.29) is 12.0 Å². The first kappa shape index (κ1) is 19.5. The van der Waals surface area contributed by atoms with Crippen LogP contribution in [0.3, 0.4) is 0 Å². The number of carbonyl (C=O) groups excluding carboxylic acids is 1. The molecule has 1 atom stereocenters. The Morgan fingerprint density at radius 3 is 2.72 bits per heavy atom. The number of carbonyl (C=O) groups is 1. The second-order valence-electron chi connectivity index (χ2n) is 7.37. The van der Waals surface area contributed by atoms with Gasteiger partial charge in [-0.2, -0.15) is 0 Å². The van der Waals surface area contributed by atoms with Crippen LogP contribution in [0.5, 0.6) is 11.5 Å². The highest BCUT2D eigenvalue weighted by molar-refractivity contribution is 5.94. The molecule has 0 radical (unpaired) electrons. The molecule has 1 aromatic carbocycles. The molecule has 1 aromatic heterocycles. The number of nitrogens with one attached hydrogen (secondary N) is 1. The lowest BCUT2D eigenvalue weighted by atomic mass is 10.1. The van der Waals surface area contributed by atoms with Crippen molar-refractivity contribution in [2.75, 3.05) is 38.3 Å². The molecular formula is C22H27N3O4. The molecule has 0 aliphatic carbocycles. The van der Waals surface area contributed by atoms with Gasteiger partial charge in [0.25, 0.3) is 5.91 Å². The highest BCUT2D eigenvalue weighted by Crippen LogP contribution is 2.31. The van der Waals surface area contributed by atoms with Crippen molar-refractivity contribution in [3.63, 3.8) is 0 Å². The largest absolute Gasteiger partial charge is 0.486 e. The molecule has 3 heterocycles. The number of piperidine rings is 1. The molecule has 2 aromatic rings. The quantitative estimate of drug-likeness (QED) is 0.808. The molecule has 1 fully saturated rings. The monoisotopic (exact) mass is 397 g/mol. The summed E-state index contributed by atoms with van der Waals surface area (Å²) in [5, 5.41) is 2.94. The van der Waals surface area contributed by atoms with E-state index in [0.717, 1.165) is 43.2 Å². The lowest BCUT2D eigenvalue weighted by molar-refractivity contribution is 0.0812. The van der Waals surface area contributed by atoms with Crippen molar-refractivity contribution in [3.8, 4) is 11.5 Å². The summed E-state index contributed by atoms with van der Waals surface area (Å²) in [6.45, 7) is 2.84. The van der Waals surface area contributed by atoms with Crippen LogP contribution in [-0.4, -0.2) is 56.5 Å². The van der Waals surface area contributed by atoms with Gasteiger partial charge in [0.05, 0.1) is 11.7 Å². The topological polar surface area (TPSA) is 72.9 Å². The number of benzene rings is 1. The van der Waals surface area contributed by atoms with E-state index in [9.17, 15) is 4.79 Å². The predicted octanol–water partition coefficient (Wildman–Crippen LogP) is 2.66. The number of hydrogen-bond donors (Lipinski definition) is 1. The molecule has 0 unspecified atom stereocenters. The first-order valence-corrected chi connectivity index (χ1v) is 10.1. The molecule has 0 spiro atoms.